The molecule has 0 N–H and O–H groups in total. The molecule has 0 spiro atoms. The molecule has 0 aliphatic carbocycles. The summed E-state index contributed by atoms with van der Waals surface area (Å²) in [5, 5.41) is 0. The summed E-state index contributed by atoms with van der Waals surface area (Å²) in [6.07, 6.45) is 0.957. The molecule has 0 aromatic heterocycles. The Morgan fingerprint density at radius 3 is 2.23 bits per heavy atom. The highest BCUT2D eigenvalue weighted by Gasteiger charge is 2.34. The Bertz CT molecular complexity index is 612. The van der Waals surface area contributed by atoms with Gasteiger partial charge in [0.05, 0.1) is 35.7 Å². The Morgan fingerprint density at radius 1 is 1.09 bits per heavy atom. The molecule has 0 bridgehead atoms. The minimum atomic E-state index is -3.05. The molecule has 2 atom stereocenters. The van der Waals surface area contributed by atoms with Crippen molar-refractivity contribution in [2.24, 2.45) is 0 Å². The van der Waals surface area contributed by atoms with Crippen LogP contribution in [0.3, 0.4) is 0 Å². The van der Waals surface area contributed by atoms with Gasteiger partial charge in [0, 0.05) is 19.0 Å². The van der Waals surface area contributed by atoms with Crippen molar-refractivity contribution in [3.63, 3.8) is 0 Å². The van der Waals surface area contributed by atoms with E-state index in [-0.39, 0.29) is 47.7 Å². The van der Waals surface area contributed by atoms with Crippen LogP contribution in [0.5, 0.6) is 0 Å². The minimum Gasteiger partial charge on any atom is -0.375 e. The van der Waals surface area contributed by atoms with Gasteiger partial charge in [-0.2, -0.15) is 0 Å². The van der Waals surface area contributed by atoms with Gasteiger partial charge in [0.2, 0.25) is 5.91 Å². The van der Waals surface area contributed by atoms with Crippen molar-refractivity contribution in [3.05, 3.63) is 0 Å². The predicted molar refractivity (Wildman–Crippen MR) is 82.1 cm³/mol. The summed E-state index contributed by atoms with van der Waals surface area (Å²) in [4.78, 5) is 13.6. The highest BCUT2D eigenvalue weighted by atomic mass is 32.2. The van der Waals surface area contributed by atoms with Gasteiger partial charge in [0.25, 0.3) is 0 Å². The van der Waals surface area contributed by atoms with Gasteiger partial charge >= 0.3 is 0 Å². The zero-order valence-electron chi connectivity index (χ0n) is 12.7. The fourth-order valence-electron chi connectivity index (χ4n) is 2.95. The van der Waals surface area contributed by atoms with Gasteiger partial charge in [-0.15, -0.1) is 0 Å². The largest absolute Gasteiger partial charge is 0.375 e. The summed E-state index contributed by atoms with van der Waals surface area (Å²) in [5.74, 6) is 0.219. The van der Waals surface area contributed by atoms with Crippen LogP contribution in [0, 0.1) is 0 Å². The molecule has 2 heterocycles. The SMILES string of the molecule is CCC(=O)N(CCOC1CCS(=O)(=O)C1)C1CCS(=O)(=O)C1. The Labute approximate surface area is 131 Å². The Balaban J connectivity index is 1.87. The Hall–Kier alpha value is -0.670. The van der Waals surface area contributed by atoms with E-state index in [2.05, 4.69) is 0 Å². The van der Waals surface area contributed by atoms with Gasteiger partial charge in [-0.1, -0.05) is 6.92 Å². The van der Waals surface area contributed by atoms with Gasteiger partial charge in [-0.25, -0.2) is 16.8 Å². The lowest BCUT2D eigenvalue weighted by molar-refractivity contribution is -0.133. The van der Waals surface area contributed by atoms with Crippen molar-refractivity contribution < 1.29 is 26.4 Å². The molecule has 2 aliphatic heterocycles. The summed E-state index contributed by atoms with van der Waals surface area (Å²) in [6.45, 7) is 2.29. The second-order valence-electron chi connectivity index (χ2n) is 5.89. The summed E-state index contributed by atoms with van der Waals surface area (Å²) < 4.78 is 51.4. The van der Waals surface area contributed by atoms with Crippen LogP contribution in [0.1, 0.15) is 26.2 Å². The molecule has 2 saturated heterocycles. The number of rotatable bonds is 6. The number of carbonyl (C=O) groups excluding carboxylic acids is 1. The molecule has 0 saturated carbocycles. The third-order valence-electron chi connectivity index (χ3n) is 4.15. The third kappa shape index (κ3) is 4.66. The fourth-order valence-corrected chi connectivity index (χ4v) is 6.29. The number of carbonyl (C=O) groups is 1. The first kappa shape index (κ1) is 17.7. The van der Waals surface area contributed by atoms with Crippen LogP contribution in [-0.2, 0) is 29.2 Å². The molecule has 1 amide bonds. The van der Waals surface area contributed by atoms with E-state index in [0.717, 1.165) is 0 Å². The highest BCUT2D eigenvalue weighted by Crippen LogP contribution is 2.19. The number of nitrogens with zero attached hydrogens (tertiary/aromatic N) is 1. The molecule has 2 rings (SSSR count). The van der Waals surface area contributed by atoms with Crippen molar-refractivity contribution in [2.45, 2.75) is 38.3 Å². The molecule has 0 aromatic rings. The van der Waals surface area contributed by atoms with Crippen LogP contribution < -0.4 is 0 Å². The quantitative estimate of drug-likeness (QED) is 0.645. The van der Waals surface area contributed by atoms with Crippen LogP contribution >= 0.6 is 0 Å². The van der Waals surface area contributed by atoms with Gasteiger partial charge in [-0.05, 0) is 12.8 Å². The molecule has 2 unspecified atom stereocenters. The molecular weight excluding hydrogens is 330 g/mol. The minimum absolute atomic E-state index is 0.0105. The van der Waals surface area contributed by atoms with E-state index in [0.29, 0.717) is 25.8 Å². The maximum Gasteiger partial charge on any atom is 0.222 e. The van der Waals surface area contributed by atoms with Crippen LogP contribution in [0.4, 0.5) is 0 Å². The maximum atomic E-state index is 12.0. The molecule has 0 aromatic carbocycles. The van der Waals surface area contributed by atoms with Crippen molar-refractivity contribution in [1.82, 2.24) is 4.90 Å². The average Bonchev–Trinajstić information content (AvgIpc) is 2.96. The fraction of sp³-hybridized carbons (Fsp3) is 0.923. The van der Waals surface area contributed by atoms with Crippen molar-refractivity contribution in [1.29, 1.82) is 0 Å². The van der Waals surface area contributed by atoms with Crippen molar-refractivity contribution >= 4 is 25.6 Å². The Morgan fingerprint density at radius 2 is 1.73 bits per heavy atom. The molecule has 0 radical (unpaired) electrons. The van der Waals surface area contributed by atoms with E-state index in [1.807, 2.05) is 0 Å². The van der Waals surface area contributed by atoms with E-state index in [1.165, 1.54) is 0 Å². The summed E-state index contributed by atoms with van der Waals surface area (Å²) in [6, 6.07) is -0.284. The summed E-state index contributed by atoms with van der Waals surface area (Å²) in [7, 11) is -6.04. The smallest absolute Gasteiger partial charge is 0.222 e. The third-order valence-corrected chi connectivity index (χ3v) is 7.64. The zero-order valence-corrected chi connectivity index (χ0v) is 14.4. The lowest BCUT2D eigenvalue weighted by Gasteiger charge is -2.28. The monoisotopic (exact) mass is 353 g/mol. The molecule has 7 nitrogen and oxygen atoms in total. The van der Waals surface area contributed by atoms with Gasteiger partial charge in [-0.3, -0.25) is 4.79 Å². The topological polar surface area (TPSA) is 97.8 Å². The van der Waals surface area contributed by atoms with Gasteiger partial charge in [0.15, 0.2) is 19.7 Å². The summed E-state index contributed by atoms with van der Waals surface area (Å²) >= 11 is 0. The second kappa shape index (κ2) is 6.84. The number of amides is 1. The number of hydrogen-bond acceptors (Lipinski definition) is 6. The molecule has 2 aliphatic rings. The average molecular weight is 353 g/mol. The Kier molecular flexibility index (Phi) is 5.50. The first-order valence-corrected chi connectivity index (χ1v) is 11.2. The van der Waals surface area contributed by atoms with Crippen molar-refractivity contribution in [3.8, 4) is 0 Å². The van der Waals surface area contributed by atoms with Gasteiger partial charge < -0.3 is 9.64 Å². The first-order valence-electron chi connectivity index (χ1n) is 7.54. The van der Waals surface area contributed by atoms with Crippen LogP contribution in [-0.4, -0.2) is 76.0 Å². The zero-order chi connectivity index (χ0) is 16.4. The molecule has 2 fully saturated rings. The standard InChI is InChI=1S/C13H23NO6S2/c1-2-13(15)14(11-3-7-21(16,17)9-11)5-6-20-12-4-8-22(18,19)10-12/h11-12H,2-10H2,1H3. The maximum absolute atomic E-state index is 12.0. The van der Waals surface area contributed by atoms with Crippen molar-refractivity contribution in [2.75, 3.05) is 36.2 Å². The lowest BCUT2D eigenvalue weighted by Crippen LogP contribution is -2.43. The molecule has 22 heavy (non-hydrogen) atoms. The number of sulfone groups is 2. The molecular formula is C13H23NO6S2. The number of ether oxygens (including phenoxy) is 1. The molecule has 128 valence electrons. The predicted octanol–water partition coefficient (Wildman–Crippen LogP) is -0.384. The van der Waals surface area contributed by atoms with E-state index in [9.17, 15) is 21.6 Å². The lowest BCUT2D eigenvalue weighted by atomic mass is 10.2. The van der Waals surface area contributed by atoms with E-state index in [1.54, 1.807) is 11.8 Å². The van der Waals surface area contributed by atoms with Crippen LogP contribution in [0.15, 0.2) is 0 Å². The van der Waals surface area contributed by atoms with E-state index >= 15 is 0 Å². The second-order valence-corrected chi connectivity index (χ2v) is 10.4. The van der Waals surface area contributed by atoms with Crippen LogP contribution in [0.2, 0.25) is 0 Å². The summed E-state index contributed by atoms with van der Waals surface area (Å²) in [5.41, 5.74) is 0. The highest BCUT2D eigenvalue weighted by molar-refractivity contribution is 7.91. The van der Waals surface area contributed by atoms with E-state index in [4.69, 9.17) is 4.74 Å². The van der Waals surface area contributed by atoms with Gasteiger partial charge in [0.1, 0.15) is 0 Å². The molecule has 9 heteroatoms. The first-order chi connectivity index (χ1) is 10.2. The van der Waals surface area contributed by atoms with E-state index < -0.39 is 19.7 Å². The number of hydrogen-bond donors (Lipinski definition) is 0. The normalized spacial score (nSPS) is 29.5. The van der Waals surface area contributed by atoms with Crippen LogP contribution in [0.25, 0.3) is 0 Å².